The van der Waals surface area contributed by atoms with Gasteiger partial charge in [-0.05, 0) is 35.7 Å². The van der Waals surface area contributed by atoms with E-state index < -0.39 is 5.30 Å². The molecule has 0 saturated heterocycles. The van der Waals surface area contributed by atoms with Gasteiger partial charge in [0.1, 0.15) is 0 Å². The molecule has 1 aliphatic rings. The molecule has 0 atom stereocenters. The SMILES string of the molecule is CN1CCCc2cccc(CSC(=O)O)c21.Cl. The predicted molar refractivity (Wildman–Crippen MR) is 74.6 cm³/mol. The highest BCUT2D eigenvalue weighted by Crippen LogP contribution is 2.32. The summed E-state index contributed by atoms with van der Waals surface area (Å²) in [5, 5.41) is 7.88. The molecule has 1 aromatic carbocycles. The molecule has 0 aromatic heterocycles. The predicted octanol–water partition coefficient (Wildman–Crippen LogP) is 3.40. The molecule has 0 aliphatic carbocycles. The molecule has 0 amide bonds. The van der Waals surface area contributed by atoms with Crippen molar-refractivity contribution in [2.45, 2.75) is 18.6 Å². The van der Waals surface area contributed by atoms with Gasteiger partial charge in [-0.2, -0.15) is 0 Å². The number of carboxylic acid groups (broad SMARTS) is 1. The summed E-state index contributed by atoms with van der Waals surface area (Å²) in [5.41, 5.74) is 3.71. The zero-order chi connectivity index (χ0) is 11.5. The number of fused-ring (bicyclic) bond motifs is 1. The van der Waals surface area contributed by atoms with Crippen LogP contribution in [-0.4, -0.2) is 24.0 Å². The highest BCUT2D eigenvalue weighted by atomic mass is 35.5. The van der Waals surface area contributed by atoms with Crippen LogP contribution in [-0.2, 0) is 12.2 Å². The van der Waals surface area contributed by atoms with E-state index in [1.807, 2.05) is 12.1 Å². The number of para-hydroxylation sites is 1. The normalized spacial score (nSPS) is 13.8. The van der Waals surface area contributed by atoms with E-state index in [0.717, 1.165) is 30.3 Å². The third kappa shape index (κ3) is 3.30. The molecule has 2 rings (SSSR count). The topological polar surface area (TPSA) is 40.5 Å². The summed E-state index contributed by atoms with van der Waals surface area (Å²) in [6.07, 6.45) is 2.28. The average molecular weight is 274 g/mol. The van der Waals surface area contributed by atoms with Gasteiger partial charge in [-0.25, -0.2) is 4.79 Å². The van der Waals surface area contributed by atoms with Crippen molar-refractivity contribution in [2.75, 3.05) is 18.5 Å². The van der Waals surface area contributed by atoms with Crippen molar-refractivity contribution in [3.63, 3.8) is 0 Å². The third-order valence-electron chi connectivity index (χ3n) is 2.88. The van der Waals surface area contributed by atoms with Crippen molar-refractivity contribution in [3.05, 3.63) is 29.3 Å². The van der Waals surface area contributed by atoms with E-state index in [0.29, 0.717) is 5.75 Å². The first-order valence-electron chi connectivity index (χ1n) is 5.36. The van der Waals surface area contributed by atoms with Crippen LogP contribution in [0.25, 0.3) is 0 Å². The fourth-order valence-corrected chi connectivity index (χ4v) is 2.72. The van der Waals surface area contributed by atoms with Gasteiger partial charge in [0.15, 0.2) is 0 Å². The van der Waals surface area contributed by atoms with Crippen LogP contribution in [0.15, 0.2) is 18.2 Å². The van der Waals surface area contributed by atoms with Crippen LogP contribution in [0, 0.1) is 0 Å². The Labute approximate surface area is 112 Å². The molecular weight excluding hydrogens is 258 g/mol. The summed E-state index contributed by atoms with van der Waals surface area (Å²) < 4.78 is 0. The second kappa shape index (κ2) is 6.17. The average Bonchev–Trinajstić information content (AvgIpc) is 2.26. The molecule has 94 valence electrons. The lowest BCUT2D eigenvalue weighted by Crippen LogP contribution is -2.25. The Morgan fingerprint density at radius 3 is 3.00 bits per heavy atom. The number of hydrogen-bond donors (Lipinski definition) is 1. The maximum Gasteiger partial charge on any atom is 0.365 e. The molecule has 0 bridgehead atoms. The number of rotatable bonds is 2. The van der Waals surface area contributed by atoms with Gasteiger partial charge in [0.05, 0.1) is 0 Å². The van der Waals surface area contributed by atoms with Crippen molar-refractivity contribution >= 4 is 35.2 Å². The minimum atomic E-state index is -0.809. The number of nitrogens with zero attached hydrogens (tertiary/aromatic N) is 1. The quantitative estimate of drug-likeness (QED) is 0.897. The highest BCUT2D eigenvalue weighted by molar-refractivity contribution is 8.12. The molecular formula is C12H16ClNO2S. The molecule has 0 fully saturated rings. The Morgan fingerprint density at radius 2 is 2.29 bits per heavy atom. The molecule has 3 nitrogen and oxygen atoms in total. The van der Waals surface area contributed by atoms with Crippen LogP contribution >= 0.6 is 24.2 Å². The van der Waals surface area contributed by atoms with E-state index >= 15 is 0 Å². The van der Waals surface area contributed by atoms with Gasteiger partial charge in [-0.3, -0.25) is 0 Å². The number of anilines is 1. The molecule has 5 heteroatoms. The zero-order valence-electron chi connectivity index (χ0n) is 9.68. The second-order valence-corrected chi connectivity index (χ2v) is 4.93. The van der Waals surface area contributed by atoms with Crippen LogP contribution in [0.5, 0.6) is 0 Å². The summed E-state index contributed by atoms with van der Waals surface area (Å²) in [7, 11) is 2.08. The number of benzene rings is 1. The van der Waals surface area contributed by atoms with Crippen molar-refractivity contribution in [1.29, 1.82) is 0 Å². The van der Waals surface area contributed by atoms with Crippen molar-refractivity contribution in [2.24, 2.45) is 0 Å². The Hall–Kier alpha value is -0.870. The van der Waals surface area contributed by atoms with Crippen molar-refractivity contribution in [1.82, 2.24) is 0 Å². The molecule has 1 aliphatic heterocycles. The molecule has 0 unspecified atom stereocenters. The van der Waals surface area contributed by atoms with Crippen LogP contribution in [0.2, 0.25) is 0 Å². The van der Waals surface area contributed by atoms with Crippen LogP contribution in [0.4, 0.5) is 10.5 Å². The number of hydrogen-bond acceptors (Lipinski definition) is 3. The first kappa shape index (κ1) is 14.2. The van der Waals surface area contributed by atoms with Crippen LogP contribution in [0.3, 0.4) is 0 Å². The number of aryl methyl sites for hydroxylation is 1. The minimum Gasteiger partial charge on any atom is -0.473 e. The van der Waals surface area contributed by atoms with E-state index in [2.05, 4.69) is 18.0 Å². The largest absolute Gasteiger partial charge is 0.473 e. The monoisotopic (exact) mass is 273 g/mol. The standard InChI is InChI=1S/C12H15NO2S.ClH/c1-13-7-3-6-9-4-2-5-10(11(9)13)8-16-12(14)15;/h2,4-5H,3,6-8H2,1H3,(H,14,15);1H. The third-order valence-corrected chi connectivity index (χ3v) is 3.58. The number of carbonyl (C=O) groups is 1. The van der Waals surface area contributed by atoms with Crippen molar-refractivity contribution < 1.29 is 9.90 Å². The number of halogens is 1. The minimum absolute atomic E-state index is 0. The Morgan fingerprint density at radius 1 is 1.53 bits per heavy atom. The Kier molecular flexibility index (Phi) is 5.15. The molecule has 0 saturated carbocycles. The van der Waals surface area contributed by atoms with E-state index in [1.54, 1.807) is 0 Å². The van der Waals surface area contributed by atoms with E-state index in [9.17, 15) is 4.79 Å². The lowest BCUT2D eigenvalue weighted by Gasteiger charge is -2.29. The Balaban J connectivity index is 0.00000144. The van der Waals surface area contributed by atoms with Gasteiger partial charge in [-0.1, -0.05) is 18.2 Å². The van der Waals surface area contributed by atoms with Crippen molar-refractivity contribution in [3.8, 4) is 0 Å². The van der Waals surface area contributed by atoms with Gasteiger partial charge in [-0.15, -0.1) is 12.4 Å². The summed E-state index contributed by atoms with van der Waals surface area (Å²) in [4.78, 5) is 12.8. The lowest BCUT2D eigenvalue weighted by molar-refractivity contribution is 0.222. The maximum absolute atomic E-state index is 10.6. The lowest BCUT2D eigenvalue weighted by atomic mass is 9.99. The fraction of sp³-hybridized carbons (Fsp3) is 0.417. The van der Waals surface area contributed by atoms with Gasteiger partial charge in [0.2, 0.25) is 0 Å². The first-order chi connectivity index (χ1) is 7.68. The maximum atomic E-state index is 10.6. The van der Waals surface area contributed by atoms with E-state index in [4.69, 9.17) is 5.11 Å². The smallest absolute Gasteiger partial charge is 0.365 e. The Bertz CT molecular complexity index is 411. The first-order valence-corrected chi connectivity index (χ1v) is 6.34. The second-order valence-electron chi connectivity index (χ2n) is 4.00. The van der Waals surface area contributed by atoms with Crippen LogP contribution in [0.1, 0.15) is 17.5 Å². The summed E-state index contributed by atoms with van der Waals surface area (Å²) in [5.74, 6) is 0.544. The highest BCUT2D eigenvalue weighted by Gasteiger charge is 2.17. The molecule has 17 heavy (non-hydrogen) atoms. The molecule has 1 heterocycles. The molecule has 1 N–H and O–H groups in total. The van der Waals surface area contributed by atoms with Gasteiger partial charge in [0, 0.05) is 25.0 Å². The number of thioether (sulfide) groups is 1. The molecule has 1 aromatic rings. The molecule has 0 spiro atoms. The van der Waals surface area contributed by atoms with Crippen LogP contribution < -0.4 is 4.90 Å². The van der Waals surface area contributed by atoms with Gasteiger partial charge < -0.3 is 10.0 Å². The van der Waals surface area contributed by atoms with Gasteiger partial charge in [0.25, 0.3) is 0 Å². The summed E-state index contributed by atoms with van der Waals surface area (Å²) in [6.45, 7) is 1.06. The summed E-state index contributed by atoms with van der Waals surface area (Å²) in [6, 6.07) is 6.19. The summed E-state index contributed by atoms with van der Waals surface area (Å²) >= 11 is 0.949. The molecule has 0 radical (unpaired) electrons. The van der Waals surface area contributed by atoms with Gasteiger partial charge >= 0.3 is 5.30 Å². The zero-order valence-corrected chi connectivity index (χ0v) is 11.3. The fourth-order valence-electron chi connectivity index (χ4n) is 2.21. The van der Waals surface area contributed by atoms with E-state index in [1.165, 1.54) is 17.7 Å². The van der Waals surface area contributed by atoms with E-state index in [-0.39, 0.29) is 12.4 Å².